The van der Waals surface area contributed by atoms with Crippen molar-refractivity contribution in [3.05, 3.63) is 54.2 Å². The van der Waals surface area contributed by atoms with E-state index in [1.807, 2.05) is 37.3 Å². The molecule has 2 heterocycles. The van der Waals surface area contributed by atoms with E-state index in [4.69, 9.17) is 4.52 Å². The van der Waals surface area contributed by atoms with E-state index in [9.17, 15) is 8.42 Å². The first-order valence-electron chi connectivity index (χ1n) is 7.36. The molecule has 3 rings (SSSR count). The Balaban J connectivity index is 1.89. The summed E-state index contributed by atoms with van der Waals surface area (Å²) in [5, 5.41) is 3.79. The summed E-state index contributed by atoms with van der Waals surface area (Å²) in [6.07, 6.45) is 3.10. The highest BCUT2D eigenvalue weighted by atomic mass is 32.2. The minimum atomic E-state index is -3.81. The second kappa shape index (κ2) is 6.40. The summed E-state index contributed by atoms with van der Waals surface area (Å²) in [4.78, 5) is 8.26. The zero-order valence-corrected chi connectivity index (χ0v) is 14.0. The number of hydrogen-bond acceptors (Lipinski definition) is 6. The van der Waals surface area contributed by atoms with Crippen molar-refractivity contribution in [3.63, 3.8) is 0 Å². The molecule has 0 radical (unpaired) electrons. The molecule has 24 heavy (non-hydrogen) atoms. The minimum Gasteiger partial charge on any atom is -0.359 e. The smallest absolute Gasteiger partial charge is 0.265 e. The van der Waals surface area contributed by atoms with Gasteiger partial charge in [0.1, 0.15) is 16.3 Å². The van der Waals surface area contributed by atoms with Crippen LogP contribution in [0, 0.1) is 6.92 Å². The van der Waals surface area contributed by atoms with E-state index in [0.29, 0.717) is 29.4 Å². The zero-order chi connectivity index (χ0) is 17.2. The number of aryl methyl sites for hydroxylation is 2. The highest BCUT2D eigenvalue weighted by Gasteiger charge is 2.21. The van der Waals surface area contributed by atoms with Gasteiger partial charge in [0.2, 0.25) is 0 Å². The molecule has 0 spiro atoms. The van der Waals surface area contributed by atoms with Gasteiger partial charge in [0, 0.05) is 12.0 Å². The maximum atomic E-state index is 12.5. The Bertz CT molecular complexity index is 935. The van der Waals surface area contributed by atoms with Gasteiger partial charge in [0.05, 0.1) is 12.4 Å². The number of nitrogens with zero attached hydrogens (tertiary/aromatic N) is 3. The summed E-state index contributed by atoms with van der Waals surface area (Å²) >= 11 is 0. The highest BCUT2D eigenvalue weighted by Crippen LogP contribution is 2.24. The largest absolute Gasteiger partial charge is 0.359 e. The second-order valence-electron chi connectivity index (χ2n) is 5.13. The van der Waals surface area contributed by atoms with Gasteiger partial charge in [0.15, 0.2) is 11.6 Å². The van der Waals surface area contributed by atoms with E-state index in [1.54, 1.807) is 6.92 Å². The first-order chi connectivity index (χ1) is 11.5. The van der Waals surface area contributed by atoms with Gasteiger partial charge in [-0.25, -0.2) is 18.4 Å². The molecule has 7 nitrogen and oxygen atoms in total. The van der Waals surface area contributed by atoms with Crippen LogP contribution in [0.3, 0.4) is 0 Å². The van der Waals surface area contributed by atoms with Crippen molar-refractivity contribution in [1.82, 2.24) is 15.1 Å². The standard InChI is InChI=1S/C16H16N4O3S/c1-3-14-15(11(2)19-23-14)20-24(21,22)13-9-17-16(18-10-13)12-7-5-4-6-8-12/h4-10,20H,3H2,1-2H3. The quantitative estimate of drug-likeness (QED) is 0.764. The lowest BCUT2D eigenvalue weighted by atomic mass is 10.2. The maximum Gasteiger partial charge on any atom is 0.265 e. The molecule has 0 amide bonds. The van der Waals surface area contributed by atoms with Crippen molar-refractivity contribution < 1.29 is 12.9 Å². The molecule has 0 aliphatic carbocycles. The summed E-state index contributed by atoms with van der Waals surface area (Å²) in [7, 11) is -3.81. The van der Waals surface area contributed by atoms with Gasteiger partial charge in [-0.3, -0.25) is 4.72 Å². The number of sulfonamides is 1. The van der Waals surface area contributed by atoms with Crippen molar-refractivity contribution in [1.29, 1.82) is 0 Å². The predicted octanol–water partition coefficient (Wildman–Crippen LogP) is 2.80. The second-order valence-corrected chi connectivity index (χ2v) is 6.82. The Morgan fingerprint density at radius 3 is 2.42 bits per heavy atom. The van der Waals surface area contributed by atoms with Crippen molar-refractivity contribution in [2.45, 2.75) is 25.2 Å². The van der Waals surface area contributed by atoms with Crippen LogP contribution >= 0.6 is 0 Å². The lowest BCUT2D eigenvalue weighted by Gasteiger charge is -2.08. The average Bonchev–Trinajstić information content (AvgIpc) is 2.95. The SMILES string of the molecule is CCc1onc(C)c1NS(=O)(=O)c1cnc(-c2ccccc2)nc1. The van der Waals surface area contributed by atoms with Gasteiger partial charge in [0.25, 0.3) is 10.0 Å². The Kier molecular flexibility index (Phi) is 4.30. The molecule has 0 saturated heterocycles. The Labute approximate surface area is 139 Å². The van der Waals surface area contributed by atoms with E-state index < -0.39 is 10.0 Å². The normalized spacial score (nSPS) is 11.4. The predicted molar refractivity (Wildman–Crippen MR) is 88.9 cm³/mol. The number of aromatic nitrogens is 3. The topological polar surface area (TPSA) is 98.0 Å². The molecule has 0 aliphatic rings. The molecule has 8 heteroatoms. The van der Waals surface area contributed by atoms with E-state index >= 15 is 0 Å². The van der Waals surface area contributed by atoms with Gasteiger partial charge < -0.3 is 4.52 Å². The van der Waals surface area contributed by atoms with E-state index in [2.05, 4.69) is 19.8 Å². The van der Waals surface area contributed by atoms with E-state index in [-0.39, 0.29) is 4.90 Å². The van der Waals surface area contributed by atoms with Crippen molar-refractivity contribution in [2.75, 3.05) is 4.72 Å². The molecule has 3 aromatic rings. The van der Waals surface area contributed by atoms with Crippen LogP contribution in [0.5, 0.6) is 0 Å². The first-order valence-corrected chi connectivity index (χ1v) is 8.85. The van der Waals surface area contributed by atoms with Gasteiger partial charge in [-0.05, 0) is 6.92 Å². The molecule has 2 aromatic heterocycles. The third-order valence-electron chi connectivity index (χ3n) is 3.46. The fourth-order valence-corrected chi connectivity index (χ4v) is 3.20. The lowest BCUT2D eigenvalue weighted by Crippen LogP contribution is -2.15. The third-order valence-corrected chi connectivity index (χ3v) is 4.77. The van der Waals surface area contributed by atoms with Crippen LogP contribution in [0.2, 0.25) is 0 Å². The number of nitrogens with one attached hydrogen (secondary N) is 1. The van der Waals surface area contributed by atoms with E-state index in [0.717, 1.165) is 5.56 Å². The Morgan fingerprint density at radius 2 is 1.79 bits per heavy atom. The summed E-state index contributed by atoms with van der Waals surface area (Å²) < 4.78 is 32.6. The molecule has 0 atom stereocenters. The molecule has 0 fully saturated rings. The molecular weight excluding hydrogens is 328 g/mol. The number of hydrogen-bond donors (Lipinski definition) is 1. The summed E-state index contributed by atoms with van der Waals surface area (Å²) in [5.74, 6) is 0.947. The van der Waals surface area contributed by atoms with Crippen LogP contribution < -0.4 is 4.72 Å². The van der Waals surface area contributed by atoms with Crippen LogP contribution in [-0.2, 0) is 16.4 Å². The molecule has 0 unspecified atom stereocenters. The van der Waals surface area contributed by atoms with Crippen molar-refractivity contribution in [2.24, 2.45) is 0 Å². The monoisotopic (exact) mass is 344 g/mol. The number of benzene rings is 1. The molecule has 124 valence electrons. The van der Waals surface area contributed by atoms with Crippen LogP contribution in [0.15, 0.2) is 52.1 Å². The molecule has 1 aromatic carbocycles. The molecule has 0 bridgehead atoms. The number of rotatable bonds is 5. The van der Waals surface area contributed by atoms with Crippen LogP contribution in [-0.4, -0.2) is 23.5 Å². The Hall–Kier alpha value is -2.74. The molecule has 0 saturated carbocycles. The molecular formula is C16H16N4O3S. The fourth-order valence-electron chi connectivity index (χ4n) is 2.17. The fraction of sp³-hybridized carbons (Fsp3) is 0.188. The van der Waals surface area contributed by atoms with Crippen molar-refractivity contribution in [3.8, 4) is 11.4 Å². The summed E-state index contributed by atoms with van der Waals surface area (Å²) in [6.45, 7) is 3.53. The average molecular weight is 344 g/mol. The lowest BCUT2D eigenvalue weighted by molar-refractivity contribution is 0.383. The summed E-state index contributed by atoms with van der Waals surface area (Å²) in [5.41, 5.74) is 1.67. The third kappa shape index (κ3) is 3.13. The maximum absolute atomic E-state index is 12.5. The first kappa shape index (κ1) is 16.1. The molecule has 1 N–H and O–H groups in total. The minimum absolute atomic E-state index is 0.0233. The van der Waals surface area contributed by atoms with E-state index in [1.165, 1.54) is 12.4 Å². The van der Waals surface area contributed by atoms with Gasteiger partial charge >= 0.3 is 0 Å². The van der Waals surface area contributed by atoms with Crippen LogP contribution in [0.1, 0.15) is 18.4 Å². The van der Waals surface area contributed by atoms with Gasteiger partial charge in [-0.2, -0.15) is 0 Å². The van der Waals surface area contributed by atoms with Gasteiger partial charge in [-0.15, -0.1) is 0 Å². The van der Waals surface area contributed by atoms with Gasteiger partial charge in [-0.1, -0.05) is 42.4 Å². The van der Waals surface area contributed by atoms with Crippen LogP contribution in [0.25, 0.3) is 11.4 Å². The number of anilines is 1. The highest BCUT2D eigenvalue weighted by molar-refractivity contribution is 7.92. The van der Waals surface area contributed by atoms with Crippen LogP contribution in [0.4, 0.5) is 5.69 Å². The van der Waals surface area contributed by atoms with Crippen molar-refractivity contribution >= 4 is 15.7 Å². The zero-order valence-electron chi connectivity index (χ0n) is 13.2. The molecule has 0 aliphatic heterocycles. The Morgan fingerprint density at radius 1 is 1.12 bits per heavy atom. The summed E-state index contributed by atoms with van der Waals surface area (Å²) in [6, 6.07) is 9.34.